The molecule has 0 fully saturated rings. The maximum absolute atomic E-state index is 12.8. The van der Waals surface area contributed by atoms with Gasteiger partial charge in [0.25, 0.3) is 0 Å². The van der Waals surface area contributed by atoms with Gasteiger partial charge in [-0.15, -0.1) is 11.8 Å². The van der Waals surface area contributed by atoms with Crippen molar-refractivity contribution < 1.29 is 13.9 Å². The molecule has 0 spiro atoms. The van der Waals surface area contributed by atoms with Crippen LogP contribution in [-0.4, -0.2) is 58.8 Å². The summed E-state index contributed by atoms with van der Waals surface area (Å²) in [6, 6.07) is 6.53. The molecule has 0 heterocycles. The van der Waals surface area contributed by atoms with Crippen LogP contribution in [0.3, 0.4) is 0 Å². The number of halogens is 1. The molecule has 2 N–H and O–H groups in total. The van der Waals surface area contributed by atoms with Crippen LogP contribution in [0.25, 0.3) is 0 Å². The van der Waals surface area contributed by atoms with Crippen molar-refractivity contribution in [2.24, 2.45) is 4.99 Å². The van der Waals surface area contributed by atoms with E-state index in [1.54, 1.807) is 38.1 Å². The van der Waals surface area contributed by atoms with Crippen LogP contribution in [-0.2, 0) is 9.47 Å². The minimum atomic E-state index is -0.205. The minimum absolute atomic E-state index is 0.205. The highest BCUT2D eigenvalue weighted by Gasteiger charge is 1.98. The summed E-state index contributed by atoms with van der Waals surface area (Å²) < 4.78 is 23.1. The molecule has 0 aliphatic carbocycles. The van der Waals surface area contributed by atoms with Gasteiger partial charge in [0, 0.05) is 44.5 Å². The SMILES string of the molecule is CN=C(NCCCOCCOC)NCCSc1ccc(F)cc1. The van der Waals surface area contributed by atoms with Gasteiger partial charge in [0.1, 0.15) is 5.82 Å². The molecule has 0 unspecified atom stereocenters. The van der Waals surface area contributed by atoms with E-state index in [4.69, 9.17) is 9.47 Å². The number of guanidine groups is 1. The van der Waals surface area contributed by atoms with Crippen molar-refractivity contribution in [2.75, 3.05) is 52.8 Å². The predicted molar refractivity (Wildman–Crippen MR) is 93.8 cm³/mol. The molecule has 23 heavy (non-hydrogen) atoms. The van der Waals surface area contributed by atoms with Crippen LogP contribution in [0.5, 0.6) is 0 Å². The van der Waals surface area contributed by atoms with Crippen molar-refractivity contribution >= 4 is 17.7 Å². The first-order valence-corrected chi connectivity index (χ1v) is 8.64. The molecule has 1 aromatic carbocycles. The molecule has 0 amide bonds. The van der Waals surface area contributed by atoms with Gasteiger partial charge in [-0.1, -0.05) is 0 Å². The maximum Gasteiger partial charge on any atom is 0.191 e. The summed E-state index contributed by atoms with van der Waals surface area (Å²) in [6.45, 7) is 3.55. The van der Waals surface area contributed by atoms with Crippen molar-refractivity contribution in [3.05, 3.63) is 30.1 Å². The first kappa shape index (κ1) is 19.7. The standard InChI is InChI=1S/C16H26FN3O2S/c1-18-16(19-8-3-10-22-12-11-21-2)20-9-13-23-15-6-4-14(17)5-7-15/h4-7H,3,8-13H2,1-2H3,(H2,18,19,20). The molecule has 0 aromatic heterocycles. The fraction of sp³-hybridized carbons (Fsp3) is 0.562. The number of nitrogens with one attached hydrogen (secondary N) is 2. The van der Waals surface area contributed by atoms with Crippen LogP contribution in [0.15, 0.2) is 34.2 Å². The molecule has 5 nitrogen and oxygen atoms in total. The summed E-state index contributed by atoms with van der Waals surface area (Å²) in [4.78, 5) is 5.23. The number of aliphatic imine (C=N–C) groups is 1. The van der Waals surface area contributed by atoms with Crippen LogP contribution in [0, 0.1) is 5.82 Å². The van der Waals surface area contributed by atoms with Gasteiger partial charge < -0.3 is 20.1 Å². The lowest BCUT2D eigenvalue weighted by Gasteiger charge is -2.11. The Morgan fingerprint density at radius 3 is 2.57 bits per heavy atom. The third-order valence-electron chi connectivity index (χ3n) is 2.89. The Hall–Kier alpha value is -1.31. The van der Waals surface area contributed by atoms with Gasteiger partial charge in [-0.25, -0.2) is 4.39 Å². The molecule has 0 bridgehead atoms. The summed E-state index contributed by atoms with van der Waals surface area (Å²) in [5.41, 5.74) is 0. The van der Waals surface area contributed by atoms with Gasteiger partial charge in [0.2, 0.25) is 0 Å². The highest BCUT2D eigenvalue weighted by molar-refractivity contribution is 7.99. The molecular weight excluding hydrogens is 317 g/mol. The molecule has 0 atom stereocenters. The summed E-state index contributed by atoms with van der Waals surface area (Å²) in [5.74, 6) is 1.46. The number of ether oxygens (including phenoxy) is 2. The number of hydrogen-bond acceptors (Lipinski definition) is 4. The number of hydrogen-bond donors (Lipinski definition) is 2. The Balaban J connectivity index is 2.04. The van der Waals surface area contributed by atoms with Crippen LogP contribution in [0.4, 0.5) is 4.39 Å². The lowest BCUT2D eigenvalue weighted by Crippen LogP contribution is -2.39. The number of nitrogens with zero attached hydrogens (tertiary/aromatic N) is 1. The van der Waals surface area contributed by atoms with Gasteiger partial charge >= 0.3 is 0 Å². The smallest absolute Gasteiger partial charge is 0.191 e. The van der Waals surface area contributed by atoms with Gasteiger partial charge in [0.05, 0.1) is 13.2 Å². The monoisotopic (exact) mass is 343 g/mol. The number of rotatable bonds is 11. The summed E-state index contributed by atoms with van der Waals surface area (Å²) in [5, 5.41) is 6.48. The van der Waals surface area contributed by atoms with Gasteiger partial charge in [-0.05, 0) is 30.7 Å². The third-order valence-corrected chi connectivity index (χ3v) is 3.90. The van der Waals surface area contributed by atoms with Gasteiger partial charge in [0.15, 0.2) is 5.96 Å². The van der Waals surface area contributed by atoms with E-state index < -0.39 is 0 Å². The largest absolute Gasteiger partial charge is 0.382 e. The Bertz CT molecular complexity index is 443. The Kier molecular flexibility index (Phi) is 11.3. The van der Waals surface area contributed by atoms with E-state index in [2.05, 4.69) is 15.6 Å². The molecule has 1 aromatic rings. The first-order chi connectivity index (χ1) is 11.3. The van der Waals surface area contributed by atoms with Crippen LogP contribution < -0.4 is 10.6 Å². The molecule has 0 radical (unpaired) electrons. The fourth-order valence-electron chi connectivity index (χ4n) is 1.72. The van der Waals surface area contributed by atoms with Crippen molar-refractivity contribution in [2.45, 2.75) is 11.3 Å². The third kappa shape index (κ3) is 10.1. The Morgan fingerprint density at radius 2 is 1.87 bits per heavy atom. The van der Waals surface area contributed by atoms with Crippen molar-refractivity contribution in [1.29, 1.82) is 0 Å². The average Bonchev–Trinajstić information content (AvgIpc) is 2.57. The van der Waals surface area contributed by atoms with Crippen LogP contribution in [0.1, 0.15) is 6.42 Å². The second-order valence-corrected chi connectivity index (χ2v) is 5.86. The molecule has 0 saturated heterocycles. The number of methoxy groups -OCH3 is 1. The normalized spacial score (nSPS) is 11.5. The molecule has 1 rings (SSSR count). The van der Waals surface area contributed by atoms with Crippen molar-refractivity contribution in [3.63, 3.8) is 0 Å². The summed E-state index contributed by atoms with van der Waals surface area (Å²) in [7, 11) is 3.41. The second-order valence-electron chi connectivity index (χ2n) is 4.69. The van der Waals surface area contributed by atoms with E-state index in [1.807, 2.05) is 0 Å². The molecule has 0 aliphatic heterocycles. The molecular formula is C16H26FN3O2S. The molecule has 130 valence electrons. The number of thioether (sulfide) groups is 1. The van der Waals surface area contributed by atoms with Crippen molar-refractivity contribution in [1.82, 2.24) is 10.6 Å². The quantitative estimate of drug-likeness (QED) is 0.279. The second kappa shape index (κ2) is 13.2. The van der Waals surface area contributed by atoms with E-state index in [0.29, 0.717) is 19.8 Å². The van der Waals surface area contributed by atoms with Crippen LogP contribution >= 0.6 is 11.8 Å². The van der Waals surface area contributed by atoms with Gasteiger partial charge in [-0.2, -0.15) is 0 Å². The van der Waals surface area contributed by atoms with E-state index in [0.717, 1.165) is 36.1 Å². The van der Waals surface area contributed by atoms with Crippen LogP contribution in [0.2, 0.25) is 0 Å². The zero-order chi connectivity index (χ0) is 16.8. The Labute approximate surface area is 142 Å². The van der Waals surface area contributed by atoms with Crippen molar-refractivity contribution in [3.8, 4) is 0 Å². The zero-order valence-electron chi connectivity index (χ0n) is 13.8. The van der Waals surface area contributed by atoms with Gasteiger partial charge in [-0.3, -0.25) is 4.99 Å². The average molecular weight is 343 g/mol. The lowest BCUT2D eigenvalue weighted by atomic mass is 10.4. The molecule has 0 aliphatic rings. The minimum Gasteiger partial charge on any atom is -0.382 e. The lowest BCUT2D eigenvalue weighted by molar-refractivity contribution is 0.0698. The molecule has 7 heteroatoms. The maximum atomic E-state index is 12.8. The highest BCUT2D eigenvalue weighted by Crippen LogP contribution is 2.17. The van der Waals surface area contributed by atoms with E-state index in [1.165, 1.54) is 12.1 Å². The predicted octanol–water partition coefficient (Wildman–Crippen LogP) is 2.14. The Morgan fingerprint density at radius 1 is 1.13 bits per heavy atom. The van der Waals surface area contributed by atoms with E-state index in [-0.39, 0.29) is 5.82 Å². The summed E-state index contributed by atoms with van der Waals surface area (Å²) in [6.07, 6.45) is 0.911. The summed E-state index contributed by atoms with van der Waals surface area (Å²) >= 11 is 1.68. The number of benzene rings is 1. The topological polar surface area (TPSA) is 54.9 Å². The first-order valence-electron chi connectivity index (χ1n) is 7.66. The van der Waals surface area contributed by atoms with E-state index in [9.17, 15) is 4.39 Å². The molecule has 0 saturated carbocycles. The van der Waals surface area contributed by atoms with E-state index >= 15 is 0 Å². The fourth-order valence-corrected chi connectivity index (χ4v) is 2.48. The highest BCUT2D eigenvalue weighted by atomic mass is 32.2. The zero-order valence-corrected chi connectivity index (χ0v) is 14.6.